The standard InChI is InChI=1S/C23H19ClN2O5S/c1-13-3-7-17(8-4-13)32(29,30)12-15-9-20-21(11-19(15)24)26-23(25-20)31-16-6-5-14(2)18(10-16)22(27)28/h3-11H,12H2,1-2H3,(H,25,26)(H,27,28). The molecule has 3 aromatic carbocycles. The van der Waals surface area contributed by atoms with E-state index in [1.165, 1.54) is 6.07 Å². The predicted molar refractivity (Wildman–Crippen MR) is 121 cm³/mol. The summed E-state index contributed by atoms with van der Waals surface area (Å²) in [5.41, 5.74) is 3.18. The summed E-state index contributed by atoms with van der Waals surface area (Å²) in [6.07, 6.45) is 0. The first-order chi connectivity index (χ1) is 15.1. The van der Waals surface area contributed by atoms with E-state index in [1.807, 2.05) is 6.92 Å². The van der Waals surface area contributed by atoms with E-state index in [0.29, 0.717) is 27.9 Å². The summed E-state index contributed by atoms with van der Waals surface area (Å²) in [5.74, 6) is -1.01. The third-order valence-corrected chi connectivity index (χ3v) is 7.04. The second-order valence-electron chi connectivity index (χ2n) is 7.46. The minimum atomic E-state index is -3.59. The van der Waals surface area contributed by atoms with Crippen LogP contribution in [0.15, 0.2) is 59.5 Å². The molecule has 0 unspecified atom stereocenters. The second kappa shape index (κ2) is 8.29. The second-order valence-corrected chi connectivity index (χ2v) is 9.86. The van der Waals surface area contributed by atoms with Gasteiger partial charge in [-0.1, -0.05) is 35.4 Å². The zero-order chi connectivity index (χ0) is 23.0. The molecule has 0 aliphatic heterocycles. The SMILES string of the molecule is Cc1ccc(S(=O)(=O)Cc2cc3[nH]c(Oc4ccc(C)c(C(=O)O)c4)nc3cc2Cl)cc1. The number of carboxylic acids is 1. The molecule has 4 rings (SSSR count). The lowest BCUT2D eigenvalue weighted by molar-refractivity contribution is 0.0695. The van der Waals surface area contributed by atoms with E-state index in [9.17, 15) is 18.3 Å². The minimum Gasteiger partial charge on any atom is -0.478 e. The summed E-state index contributed by atoms with van der Waals surface area (Å²) >= 11 is 6.34. The fourth-order valence-corrected chi connectivity index (χ4v) is 4.92. The molecule has 32 heavy (non-hydrogen) atoms. The highest BCUT2D eigenvalue weighted by Crippen LogP contribution is 2.29. The molecule has 0 fully saturated rings. The third-order valence-electron chi connectivity index (χ3n) is 5.01. The van der Waals surface area contributed by atoms with Gasteiger partial charge in [0.1, 0.15) is 5.75 Å². The highest BCUT2D eigenvalue weighted by atomic mass is 35.5. The normalized spacial score (nSPS) is 11.6. The number of aromatic carboxylic acids is 1. The van der Waals surface area contributed by atoms with Crippen LogP contribution in [0.4, 0.5) is 0 Å². The molecule has 2 N–H and O–H groups in total. The number of nitrogens with zero attached hydrogens (tertiary/aromatic N) is 1. The maximum Gasteiger partial charge on any atom is 0.336 e. The van der Waals surface area contributed by atoms with Crippen LogP contribution in [-0.2, 0) is 15.6 Å². The molecule has 0 atom stereocenters. The van der Waals surface area contributed by atoms with Crippen LogP contribution < -0.4 is 4.74 Å². The van der Waals surface area contributed by atoms with E-state index < -0.39 is 15.8 Å². The van der Waals surface area contributed by atoms with Crippen molar-refractivity contribution < 1.29 is 23.1 Å². The zero-order valence-corrected chi connectivity index (χ0v) is 18.8. The van der Waals surface area contributed by atoms with E-state index in [2.05, 4.69) is 9.97 Å². The van der Waals surface area contributed by atoms with E-state index in [4.69, 9.17) is 16.3 Å². The third kappa shape index (κ3) is 4.46. The number of sulfone groups is 1. The number of hydrogen-bond donors (Lipinski definition) is 2. The maximum atomic E-state index is 12.8. The molecule has 0 aliphatic rings. The molecule has 0 amide bonds. The first kappa shape index (κ1) is 21.9. The van der Waals surface area contributed by atoms with Crippen molar-refractivity contribution in [2.45, 2.75) is 24.5 Å². The number of halogens is 1. The van der Waals surface area contributed by atoms with Crippen molar-refractivity contribution in [3.8, 4) is 11.8 Å². The fourth-order valence-electron chi connectivity index (χ4n) is 3.25. The number of ether oxygens (including phenoxy) is 1. The summed E-state index contributed by atoms with van der Waals surface area (Å²) in [6, 6.07) is 14.7. The van der Waals surface area contributed by atoms with Crippen molar-refractivity contribution in [3.63, 3.8) is 0 Å². The van der Waals surface area contributed by atoms with Gasteiger partial charge in [0.25, 0.3) is 6.01 Å². The van der Waals surface area contributed by atoms with Gasteiger partial charge in [0, 0.05) is 5.02 Å². The number of aromatic amines is 1. The number of carboxylic acid groups (broad SMARTS) is 1. The van der Waals surface area contributed by atoms with E-state index in [-0.39, 0.29) is 27.2 Å². The van der Waals surface area contributed by atoms with Gasteiger partial charge in [-0.2, -0.15) is 4.98 Å². The number of carbonyl (C=O) groups is 1. The zero-order valence-electron chi connectivity index (χ0n) is 17.2. The molecule has 0 saturated carbocycles. The number of H-pyrrole nitrogens is 1. The number of rotatable bonds is 6. The number of aryl methyl sites for hydroxylation is 2. The summed E-state index contributed by atoms with van der Waals surface area (Å²) in [7, 11) is -3.59. The molecule has 164 valence electrons. The average Bonchev–Trinajstić information content (AvgIpc) is 3.10. The lowest BCUT2D eigenvalue weighted by atomic mass is 10.1. The van der Waals surface area contributed by atoms with Crippen molar-refractivity contribution in [3.05, 3.63) is 81.9 Å². The van der Waals surface area contributed by atoms with Crippen molar-refractivity contribution in [1.82, 2.24) is 9.97 Å². The van der Waals surface area contributed by atoms with Gasteiger partial charge in [0.05, 0.1) is 27.2 Å². The summed E-state index contributed by atoms with van der Waals surface area (Å²) in [4.78, 5) is 18.8. The summed E-state index contributed by atoms with van der Waals surface area (Å²) < 4.78 is 31.3. The van der Waals surface area contributed by atoms with Crippen LogP contribution in [0.25, 0.3) is 11.0 Å². The Hall–Kier alpha value is -3.36. The Bertz CT molecular complexity index is 1440. The van der Waals surface area contributed by atoms with Gasteiger partial charge in [-0.05, 0) is 61.4 Å². The van der Waals surface area contributed by atoms with Gasteiger partial charge in [-0.3, -0.25) is 0 Å². The topological polar surface area (TPSA) is 109 Å². The van der Waals surface area contributed by atoms with Crippen LogP contribution in [0.1, 0.15) is 27.0 Å². The lowest BCUT2D eigenvalue weighted by Gasteiger charge is -2.07. The Balaban J connectivity index is 1.63. The molecule has 0 spiro atoms. The van der Waals surface area contributed by atoms with E-state index in [0.717, 1.165) is 5.56 Å². The molecule has 1 aromatic heterocycles. The summed E-state index contributed by atoms with van der Waals surface area (Å²) in [5, 5.41) is 9.55. The van der Waals surface area contributed by atoms with Gasteiger partial charge in [0.2, 0.25) is 0 Å². The average molecular weight is 471 g/mol. The molecular formula is C23H19ClN2O5S. The minimum absolute atomic E-state index is 0.130. The number of benzene rings is 3. The molecular weight excluding hydrogens is 452 g/mol. The van der Waals surface area contributed by atoms with Crippen molar-refractivity contribution >= 4 is 38.4 Å². The number of hydrogen-bond acceptors (Lipinski definition) is 5. The number of imidazole rings is 1. The Morgan fingerprint density at radius 1 is 1.09 bits per heavy atom. The van der Waals surface area contributed by atoms with Gasteiger partial charge >= 0.3 is 5.97 Å². The van der Waals surface area contributed by atoms with Crippen LogP contribution in [0.2, 0.25) is 5.02 Å². The molecule has 0 saturated heterocycles. The molecule has 0 radical (unpaired) electrons. The van der Waals surface area contributed by atoms with Crippen molar-refractivity contribution in [2.75, 3.05) is 0 Å². The Morgan fingerprint density at radius 2 is 1.81 bits per heavy atom. The highest BCUT2D eigenvalue weighted by molar-refractivity contribution is 7.90. The fraction of sp³-hybridized carbons (Fsp3) is 0.130. The monoisotopic (exact) mass is 470 g/mol. The highest BCUT2D eigenvalue weighted by Gasteiger charge is 2.19. The smallest absolute Gasteiger partial charge is 0.336 e. The number of fused-ring (bicyclic) bond motifs is 1. The van der Waals surface area contributed by atoms with E-state index in [1.54, 1.807) is 55.5 Å². The predicted octanol–water partition coefficient (Wildman–Crippen LogP) is 5.30. The number of nitrogens with one attached hydrogen (secondary N) is 1. The molecule has 9 heteroatoms. The molecule has 7 nitrogen and oxygen atoms in total. The van der Waals surface area contributed by atoms with Gasteiger partial charge in [0.15, 0.2) is 9.84 Å². The van der Waals surface area contributed by atoms with Crippen LogP contribution in [0.3, 0.4) is 0 Å². The largest absolute Gasteiger partial charge is 0.478 e. The molecule has 0 bridgehead atoms. The number of aromatic nitrogens is 2. The van der Waals surface area contributed by atoms with Gasteiger partial charge in [-0.15, -0.1) is 0 Å². The molecule has 4 aromatic rings. The Labute approximate surface area is 189 Å². The van der Waals surface area contributed by atoms with E-state index >= 15 is 0 Å². The Morgan fingerprint density at radius 3 is 2.50 bits per heavy atom. The maximum absolute atomic E-state index is 12.8. The summed E-state index contributed by atoms with van der Waals surface area (Å²) in [6.45, 7) is 3.58. The van der Waals surface area contributed by atoms with Crippen LogP contribution in [0, 0.1) is 13.8 Å². The van der Waals surface area contributed by atoms with Crippen molar-refractivity contribution in [1.29, 1.82) is 0 Å². The van der Waals surface area contributed by atoms with Gasteiger partial charge < -0.3 is 14.8 Å². The quantitative estimate of drug-likeness (QED) is 0.396. The van der Waals surface area contributed by atoms with Gasteiger partial charge in [-0.25, -0.2) is 13.2 Å². The molecule has 0 aliphatic carbocycles. The Kier molecular flexibility index (Phi) is 5.66. The van der Waals surface area contributed by atoms with Crippen molar-refractivity contribution in [2.24, 2.45) is 0 Å². The molecule has 1 heterocycles. The lowest BCUT2D eigenvalue weighted by Crippen LogP contribution is -2.05. The van der Waals surface area contributed by atoms with Crippen LogP contribution in [0.5, 0.6) is 11.8 Å². The van der Waals surface area contributed by atoms with Crippen LogP contribution >= 0.6 is 11.6 Å². The van der Waals surface area contributed by atoms with Crippen LogP contribution in [-0.4, -0.2) is 29.5 Å². The first-order valence-electron chi connectivity index (χ1n) is 9.62. The first-order valence-corrected chi connectivity index (χ1v) is 11.6.